The summed E-state index contributed by atoms with van der Waals surface area (Å²) in [5.41, 5.74) is 2.00. The molecule has 0 bridgehead atoms. The van der Waals surface area contributed by atoms with E-state index >= 15 is 0 Å². The van der Waals surface area contributed by atoms with Crippen LogP contribution in [0.1, 0.15) is 24.0 Å². The Morgan fingerprint density at radius 3 is 2.43 bits per heavy atom. The van der Waals surface area contributed by atoms with E-state index in [4.69, 9.17) is 11.6 Å². The quantitative estimate of drug-likeness (QED) is 0.740. The molecule has 0 N–H and O–H groups in total. The van der Waals surface area contributed by atoms with Crippen molar-refractivity contribution in [1.29, 1.82) is 0 Å². The first kappa shape index (κ1) is 20.8. The van der Waals surface area contributed by atoms with Crippen LogP contribution in [0.4, 0.5) is 0 Å². The highest BCUT2D eigenvalue weighted by molar-refractivity contribution is 7.89. The molecule has 1 fully saturated rings. The minimum Gasteiger partial charge on any atom is -0.341 e. The average Bonchev–Trinajstić information content (AvgIpc) is 2.69. The smallest absolute Gasteiger partial charge is 0.243 e. The predicted octanol–water partition coefficient (Wildman–Crippen LogP) is 3.71. The Labute approximate surface area is 172 Å². The van der Waals surface area contributed by atoms with Gasteiger partial charge in [-0.15, -0.1) is 0 Å². The van der Waals surface area contributed by atoms with Crippen LogP contribution in [-0.2, 0) is 21.4 Å². The molecule has 2 aromatic carbocycles. The first-order valence-corrected chi connectivity index (χ1v) is 11.2. The molecule has 1 aliphatic heterocycles. The van der Waals surface area contributed by atoms with Crippen molar-refractivity contribution in [3.8, 4) is 0 Å². The van der Waals surface area contributed by atoms with E-state index in [0.29, 0.717) is 31.0 Å². The van der Waals surface area contributed by atoms with Gasteiger partial charge in [-0.05, 0) is 49.6 Å². The molecule has 1 amide bonds. The first-order chi connectivity index (χ1) is 13.3. The summed E-state index contributed by atoms with van der Waals surface area (Å²) in [5, 5.41) is 0.655. The van der Waals surface area contributed by atoms with Gasteiger partial charge in [0.15, 0.2) is 0 Å². The molecule has 1 saturated heterocycles. The maximum atomic E-state index is 12.9. The van der Waals surface area contributed by atoms with Gasteiger partial charge in [-0.25, -0.2) is 8.42 Å². The van der Waals surface area contributed by atoms with Gasteiger partial charge in [0.1, 0.15) is 0 Å². The fraction of sp³-hybridized carbons (Fsp3) is 0.381. The highest BCUT2D eigenvalue weighted by Gasteiger charge is 2.34. The van der Waals surface area contributed by atoms with Crippen molar-refractivity contribution in [3.05, 3.63) is 64.7 Å². The van der Waals surface area contributed by atoms with E-state index in [1.165, 1.54) is 4.31 Å². The summed E-state index contributed by atoms with van der Waals surface area (Å²) in [4.78, 5) is 14.8. The molecule has 0 spiro atoms. The second-order valence-electron chi connectivity index (χ2n) is 7.34. The van der Waals surface area contributed by atoms with E-state index in [-0.39, 0.29) is 23.3 Å². The van der Waals surface area contributed by atoms with Gasteiger partial charge in [0.05, 0.1) is 10.8 Å². The molecule has 2 aromatic rings. The van der Waals surface area contributed by atoms with Gasteiger partial charge in [-0.3, -0.25) is 4.79 Å². The zero-order valence-electron chi connectivity index (χ0n) is 16.1. The fourth-order valence-electron chi connectivity index (χ4n) is 3.47. The summed E-state index contributed by atoms with van der Waals surface area (Å²) < 4.78 is 27.3. The normalized spacial score (nSPS) is 18.0. The van der Waals surface area contributed by atoms with Crippen LogP contribution in [0, 0.1) is 12.8 Å². The molecule has 0 saturated carbocycles. The Hall–Kier alpha value is -1.89. The predicted molar refractivity (Wildman–Crippen MR) is 111 cm³/mol. The highest BCUT2D eigenvalue weighted by atomic mass is 35.5. The monoisotopic (exact) mass is 420 g/mol. The molecule has 7 heteroatoms. The summed E-state index contributed by atoms with van der Waals surface area (Å²) in [6.45, 7) is 3.06. The molecule has 3 rings (SSSR count). The largest absolute Gasteiger partial charge is 0.341 e. The standard InChI is InChI=1S/C21H25ClN2O3S/c1-16-5-11-20(12-6-16)28(26,27)24-13-3-4-18(15-24)21(25)23(2)14-17-7-9-19(22)10-8-17/h5-12,18H,3-4,13-15H2,1-2H3. The minimum atomic E-state index is -3.59. The van der Waals surface area contributed by atoms with Gasteiger partial charge in [-0.1, -0.05) is 41.4 Å². The summed E-state index contributed by atoms with van der Waals surface area (Å²) in [5.74, 6) is -0.356. The SMILES string of the molecule is Cc1ccc(S(=O)(=O)N2CCCC(C(=O)N(C)Cc3ccc(Cl)cc3)C2)cc1. The zero-order chi connectivity index (χ0) is 20.3. The molecule has 1 heterocycles. The van der Waals surface area contributed by atoms with E-state index in [1.807, 2.05) is 19.1 Å². The number of carbonyl (C=O) groups is 1. The Morgan fingerprint density at radius 2 is 1.79 bits per heavy atom. The number of rotatable bonds is 5. The fourth-order valence-corrected chi connectivity index (χ4v) is 5.12. The van der Waals surface area contributed by atoms with Crippen LogP contribution in [0.5, 0.6) is 0 Å². The number of hydrogen-bond donors (Lipinski definition) is 0. The number of sulfonamides is 1. The van der Waals surface area contributed by atoms with Crippen LogP contribution in [0.2, 0.25) is 5.02 Å². The lowest BCUT2D eigenvalue weighted by atomic mass is 9.98. The van der Waals surface area contributed by atoms with Crippen molar-refractivity contribution in [3.63, 3.8) is 0 Å². The number of hydrogen-bond acceptors (Lipinski definition) is 3. The third kappa shape index (κ3) is 4.74. The maximum Gasteiger partial charge on any atom is 0.243 e. The van der Waals surface area contributed by atoms with Crippen molar-refractivity contribution >= 4 is 27.5 Å². The molecule has 0 radical (unpaired) electrons. The third-order valence-electron chi connectivity index (χ3n) is 5.10. The molecule has 1 unspecified atom stereocenters. The highest BCUT2D eigenvalue weighted by Crippen LogP contribution is 2.25. The zero-order valence-corrected chi connectivity index (χ0v) is 17.7. The van der Waals surface area contributed by atoms with Crippen molar-refractivity contribution in [2.45, 2.75) is 31.2 Å². The van der Waals surface area contributed by atoms with Gasteiger partial charge >= 0.3 is 0 Å². The lowest BCUT2D eigenvalue weighted by molar-refractivity contribution is -0.135. The van der Waals surface area contributed by atoms with E-state index < -0.39 is 10.0 Å². The molecule has 28 heavy (non-hydrogen) atoms. The molecule has 5 nitrogen and oxygen atoms in total. The Balaban J connectivity index is 1.68. The second-order valence-corrected chi connectivity index (χ2v) is 9.71. The van der Waals surface area contributed by atoms with E-state index in [0.717, 1.165) is 11.1 Å². The Kier molecular flexibility index (Phi) is 6.43. The second kappa shape index (κ2) is 8.64. The van der Waals surface area contributed by atoms with Crippen LogP contribution in [0.15, 0.2) is 53.4 Å². The van der Waals surface area contributed by atoms with E-state index in [1.54, 1.807) is 48.3 Å². The number of halogens is 1. The van der Waals surface area contributed by atoms with Gasteiger partial charge in [0, 0.05) is 31.7 Å². The number of piperidine rings is 1. The number of aryl methyl sites for hydroxylation is 1. The Bertz CT molecular complexity index is 927. The molecule has 150 valence electrons. The summed E-state index contributed by atoms with van der Waals surface area (Å²) in [6, 6.07) is 14.2. The van der Waals surface area contributed by atoms with Crippen LogP contribution in [0.3, 0.4) is 0 Å². The van der Waals surface area contributed by atoms with Crippen LogP contribution < -0.4 is 0 Å². The lowest BCUT2D eigenvalue weighted by Crippen LogP contribution is -2.45. The average molecular weight is 421 g/mol. The van der Waals surface area contributed by atoms with E-state index in [9.17, 15) is 13.2 Å². The number of nitrogens with zero attached hydrogens (tertiary/aromatic N) is 2. The summed E-state index contributed by atoms with van der Waals surface area (Å²) >= 11 is 5.91. The molecule has 0 aliphatic carbocycles. The number of benzene rings is 2. The van der Waals surface area contributed by atoms with Gasteiger partial charge in [0.2, 0.25) is 15.9 Å². The minimum absolute atomic E-state index is 0.0289. The molecular weight excluding hydrogens is 396 g/mol. The molecular formula is C21H25ClN2O3S. The Morgan fingerprint density at radius 1 is 1.14 bits per heavy atom. The number of amides is 1. The van der Waals surface area contributed by atoms with Crippen LogP contribution in [0.25, 0.3) is 0 Å². The van der Waals surface area contributed by atoms with Crippen molar-refractivity contribution < 1.29 is 13.2 Å². The van der Waals surface area contributed by atoms with Crippen LogP contribution in [-0.4, -0.2) is 43.7 Å². The van der Waals surface area contributed by atoms with Crippen molar-refractivity contribution in [1.82, 2.24) is 9.21 Å². The van der Waals surface area contributed by atoms with Gasteiger partial charge in [0.25, 0.3) is 0 Å². The van der Waals surface area contributed by atoms with Crippen molar-refractivity contribution in [2.24, 2.45) is 5.92 Å². The van der Waals surface area contributed by atoms with Crippen molar-refractivity contribution in [2.75, 3.05) is 20.1 Å². The third-order valence-corrected chi connectivity index (χ3v) is 7.23. The summed E-state index contributed by atoms with van der Waals surface area (Å²) in [6.07, 6.45) is 1.37. The molecule has 1 aliphatic rings. The first-order valence-electron chi connectivity index (χ1n) is 9.33. The van der Waals surface area contributed by atoms with Gasteiger partial charge < -0.3 is 4.90 Å². The summed E-state index contributed by atoms with van der Waals surface area (Å²) in [7, 11) is -1.83. The number of carbonyl (C=O) groups excluding carboxylic acids is 1. The van der Waals surface area contributed by atoms with Crippen LogP contribution >= 0.6 is 11.6 Å². The van der Waals surface area contributed by atoms with E-state index in [2.05, 4.69) is 0 Å². The lowest BCUT2D eigenvalue weighted by Gasteiger charge is -2.33. The maximum absolute atomic E-state index is 12.9. The topological polar surface area (TPSA) is 57.7 Å². The van der Waals surface area contributed by atoms with Gasteiger partial charge in [-0.2, -0.15) is 4.31 Å². The molecule has 0 aromatic heterocycles. The molecule has 1 atom stereocenters.